The smallest absolute Gasteiger partial charge is 0.376 e. The summed E-state index contributed by atoms with van der Waals surface area (Å²) in [4.78, 5) is 11.8. The van der Waals surface area contributed by atoms with Gasteiger partial charge in [0.2, 0.25) is 5.91 Å². The molecule has 0 atom stereocenters. The van der Waals surface area contributed by atoms with Crippen LogP contribution in [0.1, 0.15) is 16.7 Å². The van der Waals surface area contributed by atoms with Gasteiger partial charge in [-0.3, -0.25) is 4.79 Å². The zero-order chi connectivity index (χ0) is 20.4. The molecule has 0 aliphatic rings. The van der Waals surface area contributed by atoms with Crippen LogP contribution in [0.25, 0.3) is 0 Å². The fourth-order valence-electron chi connectivity index (χ4n) is 2.16. The summed E-state index contributed by atoms with van der Waals surface area (Å²) in [6.07, 6.45) is -9.99. The number of nitrogens with one attached hydrogen (secondary N) is 2. The SMILES string of the molecule is Cc1ccc(NC(=O)CNc2cc(C(F)(F)F)cc(C(F)(F)F)c2)c(F)c1. The number of halogens is 7. The van der Waals surface area contributed by atoms with Crippen molar-refractivity contribution in [1.82, 2.24) is 0 Å². The summed E-state index contributed by atoms with van der Waals surface area (Å²) < 4.78 is 90.4. The molecule has 27 heavy (non-hydrogen) atoms. The van der Waals surface area contributed by atoms with E-state index in [1.54, 1.807) is 6.92 Å². The van der Waals surface area contributed by atoms with E-state index in [2.05, 4.69) is 10.6 Å². The van der Waals surface area contributed by atoms with Gasteiger partial charge in [-0.2, -0.15) is 26.3 Å². The third-order valence-corrected chi connectivity index (χ3v) is 3.44. The van der Waals surface area contributed by atoms with E-state index in [4.69, 9.17) is 0 Å². The number of alkyl halides is 6. The van der Waals surface area contributed by atoms with Gasteiger partial charge >= 0.3 is 12.4 Å². The molecule has 0 radical (unpaired) electrons. The summed E-state index contributed by atoms with van der Waals surface area (Å²) in [6, 6.07) is 4.85. The van der Waals surface area contributed by atoms with Crippen molar-refractivity contribution in [3.8, 4) is 0 Å². The average molecular weight is 394 g/mol. The highest BCUT2D eigenvalue weighted by Crippen LogP contribution is 2.37. The summed E-state index contributed by atoms with van der Waals surface area (Å²) >= 11 is 0. The van der Waals surface area contributed by atoms with Gasteiger partial charge in [-0.25, -0.2) is 4.39 Å². The Morgan fingerprint density at radius 1 is 0.926 bits per heavy atom. The lowest BCUT2D eigenvalue weighted by Gasteiger charge is -2.15. The van der Waals surface area contributed by atoms with Gasteiger partial charge in [0.1, 0.15) is 5.82 Å². The highest BCUT2D eigenvalue weighted by Gasteiger charge is 2.36. The number of hydrogen-bond donors (Lipinski definition) is 2. The molecular weight excluding hydrogens is 381 g/mol. The molecule has 0 heterocycles. The Hall–Kier alpha value is -2.78. The lowest BCUT2D eigenvalue weighted by atomic mass is 10.1. The molecule has 146 valence electrons. The van der Waals surface area contributed by atoms with Crippen molar-refractivity contribution in [2.24, 2.45) is 0 Å². The van der Waals surface area contributed by atoms with Crippen molar-refractivity contribution in [3.63, 3.8) is 0 Å². The van der Waals surface area contributed by atoms with Crippen LogP contribution in [0.4, 0.5) is 42.1 Å². The van der Waals surface area contributed by atoms with E-state index in [1.165, 1.54) is 12.1 Å². The Morgan fingerprint density at radius 3 is 1.96 bits per heavy atom. The molecule has 0 aliphatic heterocycles. The van der Waals surface area contributed by atoms with Crippen molar-refractivity contribution in [2.45, 2.75) is 19.3 Å². The molecule has 10 heteroatoms. The van der Waals surface area contributed by atoms with Crippen molar-refractivity contribution in [1.29, 1.82) is 0 Å². The molecule has 0 unspecified atom stereocenters. The van der Waals surface area contributed by atoms with Crippen LogP contribution in [0.2, 0.25) is 0 Å². The van der Waals surface area contributed by atoms with E-state index < -0.39 is 47.4 Å². The zero-order valence-electron chi connectivity index (χ0n) is 13.7. The fourth-order valence-corrected chi connectivity index (χ4v) is 2.16. The molecule has 2 aromatic carbocycles. The van der Waals surface area contributed by atoms with Crippen molar-refractivity contribution in [2.75, 3.05) is 17.2 Å². The Labute approximate surface area is 149 Å². The quantitative estimate of drug-likeness (QED) is 0.698. The van der Waals surface area contributed by atoms with Crippen molar-refractivity contribution in [3.05, 3.63) is 58.9 Å². The Kier molecular flexibility index (Phi) is 5.67. The molecule has 0 spiro atoms. The molecular formula is C17H13F7N2O. The molecule has 2 N–H and O–H groups in total. The number of benzene rings is 2. The third-order valence-electron chi connectivity index (χ3n) is 3.44. The largest absolute Gasteiger partial charge is 0.416 e. The molecule has 0 saturated carbocycles. The molecule has 2 rings (SSSR count). The van der Waals surface area contributed by atoms with Crippen molar-refractivity contribution >= 4 is 17.3 Å². The lowest BCUT2D eigenvalue weighted by molar-refractivity contribution is -0.143. The Balaban J connectivity index is 2.15. The first kappa shape index (κ1) is 20.5. The number of amides is 1. The Bertz CT molecular complexity index is 812. The van der Waals surface area contributed by atoms with Crippen LogP contribution in [-0.4, -0.2) is 12.5 Å². The summed E-state index contributed by atoms with van der Waals surface area (Å²) in [5, 5.41) is 4.36. The van der Waals surface area contributed by atoms with Gasteiger partial charge in [-0.15, -0.1) is 0 Å². The molecule has 0 aliphatic carbocycles. The van der Waals surface area contributed by atoms with E-state index >= 15 is 0 Å². The predicted molar refractivity (Wildman–Crippen MR) is 84.7 cm³/mol. The highest BCUT2D eigenvalue weighted by molar-refractivity contribution is 5.93. The molecule has 1 amide bonds. The second-order valence-electron chi connectivity index (χ2n) is 5.68. The van der Waals surface area contributed by atoms with Crippen LogP contribution in [0.3, 0.4) is 0 Å². The van der Waals surface area contributed by atoms with Crippen LogP contribution in [0.5, 0.6) is 0 Å². The monoisotopic (exact) mass is 394 g/mol. The molecule has 0 aromatic heterocycles. The summed E-state index contributed by atoms with van der Waals surface area (Å²) in [6.45, 7) is 0.966. The zero-order valence-corrected chi connectivity index (χ0v) is 13.7. The topological polar surface area (TPSA) is 41.1 Å². The number of hydrogen-bond acceptors (Lipinski definition) is 2. The van der Waals surface area contributed by atoms with Crippen LogP contribution in [-0.2, 0) is 17.1 Å². The number of rotatable bonds is 4. The van der Waals surface area contributed by atoms with Gasteiger partial charge in [0.25, 0.3) is 0 Å². The van der Waals surface area contributed by atoms with Crippen LogP contribution in [0.15, 0.2) is 36.4 Å². The second kappa shape index (κ2) is 7.45. The molecule has 3 nitrogen and oxygen atoms in total. The normalized spacial score (nSPS) is 12.0. The van der Waals surface area contributed by atoms with Crippen LogP contribution >= 0.6 is 0 Å². The maximum absolute atomic E-state index is 13.7. The van der Waals surface area contributed by atoms with Crippen molar-refractivity contribution < 1.29 is 35.5 Å². The molecule has 0 fully saturated rings. The van der Waals surface area contributed by atoms with Gasteiger partial charge in [0, 0.05) is 5.69 Å². The van der Waals surface area contributed by atoms with E-state index in [0.29, 0.717) is 17.7 Å². The van der Waals surface area contributed by atoms with Gasteiger partial charge in [-0.1, -0.05) is 6.07 Å². The van der Waals surface area contributed by atoms with E-state index in [0.717, 1.165) is 6.07 Å². The number of carbonyl (C=O) groups is 1. The minimum Gasteiger partial charge on any atom is -0.376 e. The standard InChI is InChI=1S/C17H13F7N2O/c1-9-2-3-14(13(18)4-9)26-15(27)8-25-12-6-10(16(19,20)21)5-11(7-12)17(22,23)24/h2-7,25H,8H2,1H3,(H,26,27). The molecule has 0 saturated heterocycles. The van der Waals surface area contributed by atoms with Gasteiger partial charge < -0.3 is 10.6 Å². The van der Waals surface area contributed by atoms with E-state index in [-0.39, 0.29) is 11.8 Å². The Morgan fingerprint density at radius 2 is 1.48 bits per heavy atom. The first-order valence-corrected chi connectivity index (χ1v) is 7.45. The van der Waals surface area contributed by atoms with E-state index in [9.17, 15) is 35.5 Å². The van der Waals surface area contributed by atoms with Crippen LogP contribution < -0.4 is 10.6 Å². The molecule has 2 aromatic rings. The first-order chi connectivity index (χ1) is 12.4. The summed E-state index contributed by atoms with van der Waals surface area (Å²) in [5.74, 6) is -1.56. The van der Waals surface area contributed by atoms with Gasteiger partial charge in [-0.05, 0) is 42.8 Å². The lowest BCUT2D eigenvalue weighted by Crippen LogP contribution is -2.23. The van der Waals surface area contributed by atoms with Gasteiger partial charge in [0.05, 0.1) is 23.4 Å². The number of carbonyl (C=O) groups excluding carboxylic acids is 1. The maximum atomic E-state index is 13.7. The number of anilines is 2. The molecule has 0 bridgehead atoms. The maximum Gasteiger partial charge on any atom is 0.416 e. The summed E-state index contributed by atoms with van der Waals surface area (Å²) in [5.41, 5.74) is -3.12. The highest BCUT2D eigenvalue weighted by atomic mass is 19.4. The fraction of sp³-hybridized carbons (Fsp3) is 0.235. The summed E-state index contributed by atoms with van der Waals surface area (Å²) in [7, 11) is 0. The number of aryl methyl sites for hydroxylation is 1. The predicted octanol–water partition coefficient (Wildman–Crippen LogP) is 5.22. The van der Waals surface area contributed by atoms with Gasteiger partial charge in [0.15, 0.2) is 0 Å². The third kappa shape index (κ3) is 5.60. The first-order valence-electron chi connectivity index (χ1n) is 7.45. The van der Waals surface area contributed by atoms with Crippen LogP contribution in [0, 0.1) is 12.7 Å². The minimum atomic E-state index is -5.00. The van der Waals surface area contributed by atoms with E-state index in [1.807, 2.05) is 0 Å². The minimum absolute atomic E-state index is 0.0209. The second-order valence-corrected chi connectivity index (χ2v) is 5.68. The average Bonchev–Trinajstić information content (AvgIpc) is 2.54.